The summed E-state index contributed by atoms with van der Waals surface area (Å²) in [7, 11) is 2.06. The summed E-state index contributed by atoms with van der Waals surface area (Å²) in [6.07, 6.45) is 0. The third-order valence-corrected chi connectivity index (χ3v) is 2.37. The molecule has 0 aliphatic carbocycles. The SMILES string of the molecule is C=C=C(C)[C@H](C(C)C)N(C)C(=C)C. The van der Waals surface area contributed by atoms with Crippen molar-refractivity contribution in [2.24, 2.45) is 5.92 Å². The molecule has 0 radical (unpaired) electrons. The van der Waals surface area contributed by atoms with Crippen LogP contribution in [0.5, 0.6) is 0 Å². The van der Waals surface area contributed by atoms with Crippen molar-refractivity contribution in [3.05, 3.63) is 30.2 Å². The zero-order valence-corrected chi connectivity index (χ0v) is 9.52. The largest absolute Gasteiger partial charge is 0.371 e. The fourth-order valence-corrected chi connectivity index (χ4v) is 1.58. The minimum atomic E-state index is 0.370. The van der Waals surface area contributed by atoms with Crippen LogP contribution in [0, 0.1) is 5.92 Å². The summed E-state index contributed by atoms with van der Waals surface area (Å²) in [6.45, 7) is 16.1. The monoisotopic (exact) mass is 179 g/mol. The molecule has 1 heteroatoms. The van der Waals surface area contributed by atoms with Gasteiger partial charge in [0.2, 0.25) is 0 Å². The number of rotatable bonds is 4. The second-order valence-electron chi connectivity index (χ2n) is 3.89. The molecule has 0 rings (SSSR count). The molecule has 1 atom stereocenters. The van der Waals surface area contributed by atoms with Gasteiger partial charge in [0.15, 0.2) is 0 Å². The van der Waals surface area contributed by atoms with Gasteiger partial charge in [-0.25, -0.2) is 0 Å². The van der Waals surface area contributed by atoms with E-state index in [0.717, 1.165) is 5.70 Å². The second-order valence-corrected chi connectivity index (χ2v) is 3.89. The Balaban J connectivity index is 4.82. The molecule has 0 aromatic heterocycles. The Morgan fingerprint density at radius 2 is 1.77 bits per heavy atom. The van der Waals surface area contributed by atoms with Crippen LogP contribution in [-0.4, -0.2) is 18.0 Å². The molecule has 0 aliphatic rings. The zero-order chi connectivity index (χ0) is 10.6. The Hall–Kier alpha value is -0.940. The van der Waals surface area contributed by atoms with Crippen LogP contribution in [0.25, 0.3) is 0 Å². The predicted octanol–water partition coefficient (Wildman–Crippen LogP) is 3.21. The lowest BCUT2D eigenvalue weighted by Gasteiger charge is -2.33. The summed E-state index contributed by atoms with van der Waals surface area (Å²) in [5, 5.41) is 0. The van der Waals surface area contributed by atoms with Crippen molar-refractivity contribution in [1.29, 1.82) is 0 Å². The smallest absolute Gasteiger partial charge is 0.0589 e. The molecule has 0 saturated heterocycles. The quantitative estimate of drug-likeness (QED) is 0.599. The van der Waals surface area contributed by atoms with Gasteiger partial charge in [-0.15, -0.1) is 5.73 Å². The molecule has 0 aromatic rings. The van der Waals surface area contributed by atoms with Crippen LogP contribution in [0.2, 0.25) is 0 Å². The fraction of sp³-hybridized carbons (Fsp3) is 0.583. The topological polar surface area (TPSA) is 3.24 Å². The van der Waals surface area contributed by atoms with E-state index in [9.17, 15) is 0 Å². The van der Waals surface area contributed by atoms with E-state index in [1.807, 2.05) is 6.92 Å². The average Bonchev–Trinajstić information content (AvgIpc) is 2.03. The van der Waals surface area contributed by atoms with Crippen LogP contribution in [0.15, 0.2) is 30.2 Å². The Morgan fingerprint density at radius 3 is 2.00 bits per heavy atom. The van der Waals surface area contributed by atoms with Crippen LogP contribution in [0.4, 0.5) is 0 Å². The number of hydrogen-bond donors (Lipinski definition) is 0. The van der Waals surface area contributed by atoms with Crippen LogP contribution < -0.4 is 0 Å². The molecule has 0 aromatic carbocycles. The third-order valence-electron chi connectivity index (χ3n) is 2.37. The van der Waals surface area contributed by atoms with E-state index in [0.29, 0.717) is 12.0 Å². The van der Waals surface area contributed by atoms with E-state index in [-0.39, 0.29) is 0 Å². The lowest BCUT2D eigenvalue weighted by molar-refractivity contribution is 0.276. The van der Waals surface area contributed by atoms with Crippen LogP contribution >= 0.6 is 0 Å². The summed E-state index contributed by atoms with van der Waals surface area (Å²) < 4.78 is 0. The molecule has 0 spiro atoms. The molecule has 0 N–H and O–H groups in total. The van der Waals surface area contributed by atoms with Gasteiger partial charge in [0.1, 0.15) is 0 Å². The molecule has 1 nitrogen and oxygen atoms in total. The minimum Gasteiger partial charge on any atom is -0.371 e. The van der Waals surface area contributed by atoms with Crippen LogP contribution in [0.1, 0.15) is 27.7 Å². The molecule has 0 aliphatic heterocycles. The van der Waals surface area contributed by atoms with Gasteiger partial charge >= 0.3 is 0 Å². The highest BCUT2D eigenvalue weighted by molar-refractivity contribution is 5.10. The van der Waals surface area contributed by atoms with Crippen molar-refractivity contribution in [3.8, 4) is 0 Å². The highest BCUT2D eigenvalue weighted by atomic mass is 15.1. The fourth-order valence-electron chi connectivity index (χ4n) is 1.58. The first-order valence-corrected chi connectivity index (χ1v) is 4.66. The van der Waals surface area contributed by atoms with Crippen LogP contribution in [-0.2, 0) is 0 Å². The number of allylic oxidation sites excluding steroid dienone is 1. The van der Waals surface area contributed by atoms with E-state index in [1.165, 1.54) is 5.57 Å². The standard InChI is InChI=1S/C12H21N/c1-8-11(6)12(9(2)3)13(7)10(4)5/h9,12H,1,4H2,2-3,5-7H3/t12-/m0/s1. The molecule has 74 valence electrons. The van der Waals surface area contributed by atoms with E-state index in [1.54, 1.807) is 0 Å². The van der Waals surface area contributed by atoms with Gasteiger partial charge in [-0.1, -0.05) is 27.0 Å². The molecule has 0 fully saturated rings. The maximum absolute atomic E-state index is 3.94. The van der Waals surface area contributed by atoms with Gasteiger partial charge in [0, 0.05) is 12.7 Å². The normalized spacial score (nSPS) is 12.2. The number of nitrogens with zero attached hydrogens (tertiary/aromatic N) is 1. The van der Waals surface area contributed by atoms with Crippen LogP contribution in [0.3, 0.4) is 0 Å². The molecule has 13 heavy (non-hydrogen) atoms. The lowest BCUT2D eigenvalue weighted by Crippen LogP contribution is -2.35. The zero-order valence-electron chi connectivity index (χ0n) is 9.52. The number of likely N-dealkylation sites (N-methyl/N-ethyl adjacent to an activating group) is 1. The van der Waals surface area contributed by atoms with Gasteiger partial charge < -0.3 is 4.90 Å². The van der Waals surface area contributed by atoms with Gasteiger partial charge in [-0.3, -0.25) is 0 Å². The molecule has 0 heterocycles. The molecule has 0 amide bonds. The summed E-state index contributed by atoms with van der Waals surface area (Å²) in [5.41, 5.74) is 5.22. The van der Waals surface area contributed by atoms with Gasteiger partial charge in [-0.05, 0) is 25.3 Å². The first-order valence-electron chi connectivity index (χ1n) is 4.66. The summed E-state index contributed by atoms with van der Waals surface area (Å²) in [4.78, 5) is 2.18. The summed E-state index contributed by atoms with van der Waals surface area (Å²) in [5.74, 6) is 0.552. The van der Waals surface area contributed by atoms with Crippen molar-refractivity contribution in [1.82, 2.24) is 4.90 Å². The van der Waals surface area contributed by atoms with Crippen molar-refractivity contribution in [3.63, 3.8) is 0 Å². The van der Waals surface area contributed by atoms with E-state index >= 15 is 0 Å². The van der Waals surface area contributed by atoms with Crippen molar-refractivity contribution in [2.75, 3.05) is 7.05 Å². The average molecular weight is 179 g/mol. The molecule has 0 bridgehead atoms. The maximum Gasteiger partial charge on any atom is 0.0589 e. The van der Waals surface area contributed by atoms with E-state index < -0.39 is 0 Å². The second kappa shape index (κ2) is 4.94. The third kappa shape index (κ3) is 3.12. The first kappa shape index (κ1) is 12.1. The lowest BCUT2D eigenvalue weighted by atomic mass is 9.96. The maximum atomic E-state index is 3.94. The van der Waals surface area contributed by atoms with E-state index in [2.05, 4.69) is 51.6 Å². The van der Waals surface area contributed by atoms with Gasteiger partial charge in [0.05, 0.1) is 6.04 Å². The van der Waals surface area contributed by atoms with Crippen molar-refractivity contribution >= 4 is 0 Å². The Labute approximate surface area is 82.4 Å². The molecular weight excluding hydrogens is 158 g/mol. The predicted molar refractivity (Wildman–Crippen MR) is 59.5 cm³/mol. The first-order chi connectivity index (χ1) is 5.91. The Morgan fingerprint density at radius 1 is 1.31 bits per heavy atom. The highest BCUT2D eigenvalue weighted by Crippen LogP contribution is 2.19. The summed E-state index contributed by atoms with van der Waals surface area (Å²) >= 11 is 0. The Bertz CT molecular complexity index is 232. The molecular formula is C12H21N. The molecule has 0 saturated carbocycles. The van der Waals surface area contributed by atoms with Crippen molar-refractivity contribution in [2.45, 2.75) is 33.7 Å². The van der Waals surface area contributed by atoms with E-state index in [4.69, 9.17) is 0 Å². The van der Waals surface area contributed by atoms with Gasteiger partial charge in [0.25, 0.3) is 0 Å². The summed E-state index contributed by atoms with van der Waals surface area (Å²) in [6, 6.07) is 0.370. The Kier molecular flexibility index (Phi) is 4.58. The molecule has 0 unspecified atom stereocenters. The van der Waals surface area contributed by atoms with Crippen molar-refractivity contribution < 1.29 is 0 Å². The van der Waals surface area contributed by atoms with Gasteiger partial charge in [-0.2, -0.15) is 0 Å². The highest BCUT2D eigenvalue weighted by Gasteiger charge is 2.19. The number of hydrogen-bond acceptors (Lipinski definition) is 1. The minimum absolute atomic E-state index is 0.370.